The van der Waals surface area contributed by atoms with Gasteiger partial charge in [-0.05, 0) is 110 Å². The zero-order valence-corrected chi connectivity index (χ0v) is 28.8. The summed E-state index contributed by atoms with van der Waals surface area (Å²) in [6.07, 6.45) is -1.84. The standard InChI is InChI=1S/C36H60O10/c1-18(2)22(46-43)10-9-19(3)20-11-14-35(7)27(20)21(38)15-25-34(6)13-12-26(39)33(4,5)31(34)23(16-36(25,35)8)44-32-30(42)29(41)28(40)24(17-37)45-32/h9,20-32,37-43H,1,10-17H2,2-8H3/b19-9+/t20-,21-,22?,23+,24-,25-,26+,27+,28-,29+,30-,31+,32-,34-,35-,36-/m1/s1. The molecule has 5 fully saturated rings. The molecule has 1 aliphatic heterocycles. The highest BCUT2D eigenvalue weighted by Gasteiger charge is 2.72. The van der Waals surface area contributed by atoms with E-state index in [0.717, 1.165) is 24.8 Å². The highest BCUT2D eigenvalue weighted by atomic mass is 17.1. The first-order valence-electron chi connectivity index (χ1n) is 17.3. The summed E-state index contributed by atoms with van der Waals surface area (Å²) >= 11 is 0. The summed E-state index contributed by atoms with van der Waals surface area (Å²) in [6, 6.07) is 0. The van der Waals surface area contributed by atoms with Crippen LogP contribution in [0.3, 0.4) is 0 Å². The molecule has 16 atom stereocenters. The van der Waals surface area contributed by atoms with Gasteiger partial charge in [-0.3, -0.25) is 5.26 Å². The van der Waals surface area contributed by atoms with Crippen molar-refractivity contribution in [1.29, 1.82) is 0 Å². The van der Waals surface area contributed by atoms with Crippen LogP contribution < -0.4 is 0 Å². The molecule has 0 aromatic carbocycles. The maximum atomic E-state index is 12.1. The Labute approximate surface area is 274 Å². The highest BCUT2D eigenvalue weighted by molar-refractivity contribution is 5.24. The summed E-state index contributed by atoms with van der Waals surface area (Å²) in [5.74, 6) is 0.139. The lowest BCUT2D eigenvalue weighted by molar-refractivity contribution is -0.346. The van der Waals surface area contributed by atoms with Gasteiger partial charge >= 0.3 is 0 Å². The molecule has 1 saturated heterocycles. The van der Waals surface area contributed by atoms with Crippen LogP contribution in [-0.4, -0.2) is 97.6 Å². The number of aliphatic hydroxyl groups is 6. The van der Waals surface area contributed by atoms with Crippen molar-refractivity contribution < 1.29 is 50.3 Å². The molecule has 5 aliphatic rings. The lowest BCUT2D eigenvalue weighted by Gasteiger charge is -2.72. The average molecular weight is 653 g/mol. The number of rotatable bonds is 8. The fourth-order valence-corrected chi connectivity index (χ4v) is 11.7. The lowest BCUT2D eigenvalue weighted by Crippen LogP contribution is -2.70. The number of fused-ring (bicyclic) bond motifs is 5. The quantitative estimate of drug-likeness (QED) is 0.0891. The van der Waals surface area contributed by atoms with Crippen molar-refractivity contribution in [1.82, 2.24) is 0 Å². The highest BCUT2D eigenvalue weighted by Crippen LogP contribution is 2.76. The summed E-state index contributed by atoms with van der Waals surface area (Å²) in [7, 11) is 0. The van der Waals surface area contributed by atoms with E-state index in [1.165, 1.54) is 5.57 Å². The first-order chi connectivity index (χ1) is 21.4. The smallest absolute Gasteiger partial charge is 0.186 e. The van der Waals surface area contributed by atoms with Gasteiger partial charge in [-0.2, -0.15) is 0 Å². The maximum Gasteiger partial charge on any atom is 0.186 e. The normalized spacial score (nSPS) is 51.1. The second-order valence-electron chi connectivity index (χ2n) is 16.9. The summed E-state index contributed by atoms with van der Waals surface area (Å²) in [4.78, 5) is 4.66. The van der Waals surface area contributed by atoms with E-state index >= 15 is 0 Å². The van der Waals surface area contributed by atoms with E-state index in [4.69, 9.17) is 9.47 Å². The summed E-state index contributed by atoms with van der Waals surface area (Å²) in [5, 5.41) is 74.7. The molecule has 4 saturated carbocycles. The molecular formula is C36H60O10. The van der Waals surface area contributed by atoms with Crippen LogP contribution in [-0.2, 0) is 14.4 Å². The lowest BCUT2D eigenvalue weighted by atomic mass is 9.34. The van der Waals surface area contributed by atoms with E-state index in [1.54, 1.807) is 0 Å². The summed E-state index contributed by atoms with van der Waals surface area (Å²) in [5.41, 5.74) is 0.493. The Morgan fingerprint density at radius 3 is 2.24 bits per heavy atom. The molecule has 0 aromatic heterocycles. The second kappa shape index (κ2) is 12.8. The van der Waals surface area contributed by atoms with Crippen LogP contribution in [0.5, 0.6) is 0 Å². The molecule has 0 bridgehead atoms. The Morgan fingerprint density at radius 1 is 0.957 bits per heavy atom. The predicted molar refractivity (Wildman–Crippen MR) is 171 cm³/mol. The minimum Gasteiger partial charge on any atom is -0.394 e. The van der Waals surface area contributed by atoms with Crippen molar-refractivity contribution in [3.05, 3.63) is 23.8 Å². The van der Waals surface area contributed by atoms with Gasteiger partial charge in [0.15, 0.2) is 6.29 Å². The first kappa shape index (κ1) is 36.4. The van der Waals surface area contributed by atoms with E-state index in [1.807, 2.05) is 6.92 Å². The van der Waals surface area contributed by atoms with Crippen LogP contribution in [0.2, 0.25) is 0 Å². The largest absolute Gasteiger partial charge is 0.394 e. The number of aliphatic hydroxyl groups excluding tert-OH is 6. The van der Waals surface area contributed by atoms with E-state index in [9.17, 15) is 35.9 Å². The molecule has 46 heavy (non-hydrogen) atoms. The fourth-order valence-electron chi connectivity index (χ4n) is 11.7. The molecule has 1 unspecified atom stereocenters. The van der Waals surface area contributed by atoms with Gasteiger partial charge in [-0.25, -0.2) is 4.89 Å². The SMILES string of the molecule is C=C(C)C(C/C=C(\C)[C@H]1CC[C@]2(C)[C@@H]1[C@H](O)C[C@@H]1[C@@]3(C)CC[C@H](O)C(C)(C)[C@@H]3[C@@H](O[C@@H]3O[C@H](CO)[C@@H](O)[C@H](O)[C@H]3O)C[C@]12C)OO. The zero-order chi connectivity index (χ0) is 34.1. The topological polar surface area (TPSA) is 169 Å². The van der Waals surface area contributed by atoms with Gasteiger partial charge in [-0.1, -0.05) is 52.8 Å². The first-order valence-corrected chi connectivity index (χ1v) is 17.3. The van der Waals surface area contributed by atoms with Crippen LogP contribution in [0.15, 0.2) is 23.8 Å². The van der Waals surface area contributed by atoms with Gasteiger partial charge in [0, 0.05) is 0 Å². The van der Waals surface area contributed by atoms with Crippen LogP contribution in [0.4, 0.5) is 0 Å². The molecule has 10 heteroatoms. The van der Waals surface area contributed by atoms with Crippen molar-refractivity contribution in [3.63, 3.8) is 0 Å². The van der Waals surface area contributed by atoms with Gasteiger partial charge in [0.1, 0.15) is 30.5 Å². The molecule has 0 radical (unpaired) electrons. The van der Waals surface area contributed by atoms with E-state index in [0.29, 0.717) is 25.7 Å². The van der Waals surface area contributed by atoms with Crippen molar-refractivity contribution in [2.24, 2.45) is 45.3 Å². The monoisotopic (exact) mass is 652 g/mol. The van der Waals surface area contributed by atoms with Crippen molar-refractivity contribution in [3.8, 4) is 0 Å². The second-order valence-corrected chi connectivity index (χ2v) is 16.9. The molecule has 264 valence electrons. The Morgan fingerprint density at radius 2 is 1.63 bits per heavy atom. The molecule has 0 spiro atoms. The Bertz CT molecular complexity index is 1160. The summed E-state index contributed by atoms with van der Waals surface area (Å²) < 4.78 is 12.6. The minimum atomic E-state index is -1.54. The van der Waals surface area contributed by atoms with Crippen molar-refractivity contribution in [2.45, 2.75) is 149 Å². The number of allylic oxidation sites excluding steroid dienone is 1. The average Bonchev–Trinajstić information content (AvgIpc) is 3.36. The number of hydrogen-bond donors (Lipinski definition) is 7. The van der Waals surface area contributed by atoms with E-state index in [2.05, 4.69) is 59.1 Å². The molecule has 1 heterocycles. The Hall–Kier alpha value is -0.920. The molecule has 0 amide bonds. The van der Waals surface area contributed by atoms with Crippen molar-refractivity contribution in [2.75, 3.05) is 6.61 Å². The van der Waals surface area contributed by atoms with Gasteiger partial charge in [0.05, 0.1) is 24.9 Å². The molecule has 7 N–H and O–H groups in total. The van der Waals surface area contributed by atoms with Crippen molar-refractivity contribution >= 4 is 0 Å². The minimum absolute atomic E-state index is 0.00132. The Balaban J connectivity index is 1.53. The maximum absolute atomic E-state index is 12.1. The Kier molecular flexibility index (Phi) is 10.1. The van der Waals surface area contributed by atoms with Crippen LogP contribution in [0, 0.1) is 45.3 Å². The molecule has 5 rings (SSSR count). The van der Waals surface area contributed by atoms with Crippen LogP contribution >= 0.6 is 0 Å². The molecular weight excluding hydrogens is 592 g/mol. The van der Waals surface area contributed by atoms with Gasteiger partial charge < -0.3 is 40.1 Å². The zero-order valence-electron chi connectivity index (χ0n) is 28.8. The van der Waals surface area contributed by atoms with Gasteiger partial charge in [-0.15, -0.1) is 0 Å². The van der Waals surface area contributed by atoms with Crippen LogP contribution in [0.25, 0.3) is 0 Å². The molecule has 10 nitrogen and oxygen atoms in total. The van der Waals surface area contributed by atoms with Gasteiger partial charge in [0.2, 0.25) is 0 Å². The third-order valence-electron chi connectivity index (χ3n) is 14.3. The van der Waals surface area contributed by atoms with E-state index in [-0.39, 0.29) is 39.9 Å². The van der Waals surface area contributed by atoms with E-state index < -0.39 is 67.1 Å². The third-order valence-corrected chi connectivity index (χ3v) is 14.3. The number of hydrogen-bond acceptors (Lipinski definition) is 10. The fraction of sp³-hybridized carbons (Fsp3) is 0.889. The third kappa shape index (κ3) is 5.47. The predicted octanol–water partition coefficient (Wildman–Crippen LogP) is 3.57. The van der Waals surface area contributed by atoms with Crippen LogP contribution in [0.1, 0.15) is 93.4 Å². The molecule has 0 aromatic rings. The summed E-state index contributed by atoms with van der Waals surface area (Å²) in [6.45, 7) is 18.4. The number of ether oxygens (including phenoxy) is 2. The molecule has 4 aliphatic carbocycles. The van der Waals surface area contributed by atoms with Gasteiger partial charge in [0.25, 0.3) is 0 Å².